The minimum absolute atomic E-state index is 0.0761. The molecule has 3 rings (SSSR count). The summed E-state index contributed by atoms with van der Waals surface area (Å²) in [5.41, 5.74) is 1.13. The molecule has 0 spiro atoms. The largest absolute Gasteiger partial charge is 0.349 e. The lowest BCUT2D eigenvalue weighted by Gasteiger charge is -2.11. The molecule has 0 radical (unpaired) electrons. The van der Waals surface area contributed by atoms with Crippen molar-refractivity contribution < 1.29 is 0 Å². The van der Waals surface area contributed by atoms with E-state index in [1.165, 1.54) is 0 Å². The molecule has 8 nitrogen and oxygen atoms in total. The molecule has 1 aromatic heterocycles. The maximum absolute atomic E-state index is 11.7. The molecule has 1 aromatic rings. The Morgan fingerprint density at radius 1 is 1.00 bits per heavy atom. The fourth-order valence-corrected chi connectivity index (χ4v) is 1.86. The van der Waals surface area contributed by atoms with Crippen LogP contribution in [0.4, 0.5) is 0 Å². The number of aromatic nitrogens is 6. The summed E-state index contributed by atoms with van der Waals surface area (Å²) in [4.78, 5) is 41.6. The molecule has 1 N–H and O–H groups in total. The van der Waals surface area contributed by atoms with E-state index in [1.807, 2.05) is 13.8 Å². The van der Waals surface area contributed by atoms with Crippen LogP contribution in [0.5, 0.6) is 0 Å². The van der Waals surface area contributed by atoms with Gasteiger partial charge in [-0.15, -0.1) is 0 Å². The van der Waals surface area contributed by atoms with Crippen molar-refractivity contribution in [3.63, 3.8) is 0 Å². The Balaban J connectivity index is 2.60. The summed E-state index contributed by atoms with van der Waals surface area (Å²) in [6.07, 6.45) is 0. The van der Waals surface area contributed by atoms with Crippen LogP contribution in [-0.2, 0) is 7.05 Å². The molecule has 0 bridgehead atoms. The molecule has 2 aliphatic rings. The van der Waals surface area contributed by atoms with Gasteiger partial charge in [-0.25, -0.2) is 19.7 Å². The Bertz CT molecular complexity index is 894. The van der Waals surface area contributed by atoms with Gasteiger partial charge in [-0.05, 0) is 13.8 Å². The Morgan fingerprint density at radius 2 is 1.68 bits per heavy atom. The highest BCUT2D eigenvalue weighted by Crippen LogP contribution is 2.17. The molecular formula is C11H10N6O2. The zero-order chi connectivity index (χ0) is 13.7. The lowest BCUT2D eigenvalue weighted by atomic mass is 10.3. The molecule has 0 unspecified atom stereocenters. The number of H-pyrrole nitrogens is 1. The first-order valence-electron chi connectivity index (χ1n) is 5.59. The Labute approximate surface area is 106 Å². The summed E-state index contributed by atoms with van der Waals surface area (Å²) in [7, 11) is 1.67. The highest BCUT2D eigenvalue weighted by atomic mass is 16.2. The van der Waals surface area contributed by atoms with Crippen LogP contribution in [0, 0.1) is 13.8 Å². The van der Waals surface area contributed by atoms with Crippen molar-refractivity contribution in [2.75, 3.05) is 0 Å². The molecular weight excluding hydrogens is 248 g/mol. The summed E-state index contributed by atoms with van der Waals surface area (Å²) in [5, 5.41) is 0. The van der Waals surface area contributed by atoms with Crippen LogP contribution in [0.2, 0.25) is 0 Å². The van der Waals surface area contributed by atoms with Crippen LogP contribution >= 0.6 is 0 Å². The highest BCUT2D eigenvalue weighted by molar-refractivity contribution is 5.72. The molecule has 0 aromatic carbocycles. The van der Waals surface area contributed by atoms with E-state index in [2.05, 4.69) is 24.9 Å². The smallest absolute Gasteiger partial charge is 0.309 e. The average Bonchev–Trinajstić information content (AvgIpc) is 2.34. The van der Waals surface area contributed by atoms with Gasteiger partial charge in [0.1, 0.15) is 0 Å². The van der Waals surface area contributed by atoms with Crippen LogP contribution in [0.1, 0.15) is 11.4 Å². The van der Waals surface area contributed by atoms with E-state index in [1.54, 1.807) is 11.6 Å². The second-order valence-electron chi connectivity index (χ2n) is 4.26. The summed E-state index contributed by atoms with van der Waals surface area (Å²) in [6.45, 7) is 3.65. The fraction of sp³-hybridized carbons (Fsp3) is 0.273. The molecule has 2 aliphatic heterocycles. The summed E-state index contributed by atoms with van der Waals surface area (Å²) in [6, 6.07) is 0. The van der Waals surface area contributed by atoms with Crippen LogP contribution in [0.25, 0.3) is 22.8 Å². The first-order valence-corrected chi connectivity index (χ1v) is 5.59. The molecule has 96 valence electrons. The van der Waals surface area contributed by atoms with Crippen molar-refractivity contribution in [1.82, 2.24) is 29.5 Å². The standard InChI is InChI=1S/C11H10N6O2/c1-4-5(2)13-9-7(12-4)14-6-8(17(9)3)15-11(19)16-10(6)18/h1-3H3,(H,16,18,19). The van der Waals surface area contributed by atoms with Crippen molar-refractivity contribution in [2.24, 2.45) is 7.05 Å². The number of rotatable bonds is 0. The maximum Gasteiger partial charge on any atom is 0.349 e. The van der Waals surface area contributed by atoms with E-state index in [-0.39, 0.29) is 11.5 Å². The van der Waals surface area contributed by atoms with E-state index >= 15 is 0 Å². The number of fused-ring (bicyclic) bond motifs is 2. The van der Waals surface area contributed by atoms with Crippen LogP contribution in [-0.4, -0.2) is 29.5 Å². The zero-order valence-corrected chi connectivity index (χ0v) is 10.6. The molecule has 0 saturated heterocycles. The molecule has 0 saturated carbocycles. The monoisotopic (exact) mass is 258 g/mol. The molecule has 0 amide bonds. The lowest BCUT2D eigenvalue weighted by molar-refractivity contribution is 0.846. The number of hydrogen-bond acceptors (Lipinski definition) is 6. The van der Waals surface area contributed by atoms with Gasteiger partial charge >= 0.3 is 5.69 Å². The summed E-state index contributed by atoms with van der Waals surface area (Å²) < 4.78 is 1.55. The van der Waals surface area contributed by atoms with Crippen molar-refractivity contribution in [3.8, 4) is 11.5 Å². The number of hydrogen-bond donors (Lipinski definition) is 1. The van der Waals surface area contributed by atoms with Crippen LogP contribution in [0.15, 0.2) is 9.59 Å². The third-order valence-electron chi connectivity index (χ3n) is 2.98. The SMILES string of the molecule is Cc1nc2nc3c(=O)[nH]c(=O)nc-3n(C)c2nc1C. The van der Waals surface area contributed by atoms with Gasteiger partial charge in [0.05, 0.1) is 11.4 Å². The molecule has 19 heavy (non-hydrogen) atoms. The van der Waals surface area contributed by atoms with E-state index in [4.69, 9.17) is 0 Å². The highest BCUT2D eigenvalue weighted by Gasteiger charge is 2.18. The van der Waals surface area contributed by atoms with Gasteiger partial charge in [0.15, 0.2) is 22.8 Å². The fourth-order valence-electron chi connectivity index (χ4n) is 1.86. The van der Waals surface area contributed by atoms with E-state index in [0.717, 1.165) is 11.4 Å². The van der Waals surface area contributed by atoms with E-state index in [9.17, 15) is 9.59 Å². The van der Waals surface area contributed by atoms with Crippen molar-refractivity contribution in [1.29, 1.82) is 0 Å². The number of nitrogens with one attached hydrogen (secondary N) is 1. The Kier molecular flexibility index (Phi) is 2.21. The predicted octanol–water partition coefficient (Wildman–Crippen LogP) is -0.472. The first kappa shape index (κ1) is 11.5. The molecule has 8 heteroatoms. The molecule has 0 fully saturated rings. The maximum atomic E-state index is 11.7. The second-order valence-corrected chi connectivity index (χ2v) is 4.26. The lowest BCUT2D eigenvalue weighted by Crippen LogP contribution is -2.28. The third kappa shape index (κ3) is 1.60. The third-order valence-corrected chi connectivity index (χ3v) is 2.98. The van der Waals surface area contributed by atoms with Gasteiger partial charge in [-0.2, -0.15) is 4.98 Å². The van der Waals surface area contributed by atoms with Crippen molar-refractivity contribution >= 4 is 11.3 Å². The minimum Gasteiger partial charge on any atom is -0.309 e. The normalized spacial score (nSPS) is 11.3. The van der Waals surface area contributed by atoms with Gasteiger partial charge in [-0.3, -0.25) is 9.78 Å². The number of aromatic amines is 1. The average molecular weight is 258 g/mol. The van der Waals surface area contributed by atoms with Crippen LogP contribution in [0.3, 0.4) is 0 Å². The first-order chi connectivity index (χ1) is 8.97. The second kappa shape index (κ2) is 3.67. The molecule has 0 aliphatic carbocycles. The quantitative estimate of drug-likeness (QED) is 0.546. The minimum atomic E-state index is -0.703. The van der Waals surface area contributed by atoms with Gasteiger partial charge < -0.3 is 4.57 Å². The molecule has 3 heterocycles. The number of aryl methyl sites for hydroxylation is 3. The Hall–Kier alpha value is -2.64. The van der Waals surface area contributed by atoms with Gasteiger partial charge in [-0.1, -0.05) is 0 Å². The predicted molar refractivity (Wildman–Crippen MR) is 67.1 cm³/mol. The van der Waals surface area contributed by atoms with E-state index < -0.39 is 11.2 Å². The summed E-state index contributed by atoms with van der Waals surface area (Å²) in [5.74, 6) is 0.193. The van der Waals surface area contributed by atoms with Crippen molar-refractivity contribution in [3.05, 3.63) is 32.2 Å². The zero-order valence-electron chi connectivity index (χ0n) is 10.6. The van der Waals surface area contributed by atoms with E-state index in [0.29, 0.717) is 11.3 Å². The number of nitrogens with zero attached hydrogens (tertiary/aromatic N) is 5. The Morgan fingerprint density at radius 3 is 2.42 bits per heavy atom. The molecule has 0 atom stereocenters. The van der Waals surface area contributed by atoms with Gasteiger partial charge in [0.2, 0.25) is 0 Å². The van der Waals surface area contributed by atoms with Crippen molar-refractivity contribution in [2.45, 2.75) is 13.8 Å². The van der Waals surface area contributed by atoms with Crippen LogP contribution < -0.4 is 11.2 Å². The van der Waals surface area contributed by atoms with Gasteiger partial charge in [0.25, 0.3) is 5.56 Å². The summed E-state index contributed by atoms with van der Waals surface area (Å²) >= 11 is 0. The topological polar surface area (TPSA) is 106 Å². The van der Waals surface area contributed by atoms with Gasteiger partial charge in [0, 0.05) is 7.05 Å².